The lowest BCUT2D eigenvalue weighted by atomic mass is 9.97. The molecular formula is C23H37N3O4. The number of rotatable bonds is 8. The van der Waals surface area contributed by atoms with E-state index >= 15 is 0 Å². The van der Waals surface area contributed by atoms with E-state index < -0.39 is 0 Å². The molecule has 3 rings (SSSR count). The minimum absolute atomic E-state index is 0.0156. The molecule has 7 heteroatoms. The Morgan fingerprint density at radius 3 is 2.33 bits per heavy atom. The van der Waals surface area contributed by atoms with Gasteiger partial charge in [0.1, 0.15) is 11.5 Å². The molecule has 0 aliphatic carbocycles. The molecule has 1 N–H and O–H groups in total. The van der Waals surface area contributed by atoms with Crippen LogP contribution in [0.3, 0.4) is 0 Å². The molecule has 30 heavy (non-hydrogen) atoms. The Morgan fingerprint density at radius 2 is 1.70 bits per heavy atom. The molecule has 168 valence electrons. The molecule has 0 radical (unpaired) electrons. The first-order chi connectivity index (χ1) is 14.5. The summed E-state index contributed by atoms with van der Waals surface area (Å²) in [5.41, 5.74) is 1.65. The number of carbonyl (C=O) groups excluding carboxylic acids is 1. The van der Waals surface area contributed by atoms with Gasteiger partial charge in [-0.25, -0.2) is 0 Å². The zero-order chi connectivity index (χ0) is 21.5. The largest absolute Gasteiger partial charge is 0.492 e. The van der Waals surface area contributed by atoms with Crippen molar-refractivity contribution < 1.29 is 19.0 Å². The molecule has 2 heterocycles. The Hall–Kier alpha value is -1.99. The maximum atomic E-state index is 12.9. The average molecular weight is 420 g/mol. The van der Waals surface area contributed by atoms with Crippen LogP contribution in [0.15, 0.2) is 12.1 Å². The normalized spacial score (nSPS) is 22.6. The molecule has 0 spiro atoms. The molecule has 2 unspecified atom stereocenters. The van der Waals surface area contributed by atoms with Gasteiger partial charge < -0.3 is 24.4 Å². The highest BCUT2D eigenvalue weighted by Gasteiger charge is 2.27. The minimum Gasteiger partial charge on any atom is -0.492 e. The second kappa shape index (κ2) is 10.9. The fourth-order valence-corrected chi connectivity index (χ4v) is 4.39. The standard InChI is InChI=1S/C23H37N3O4/c1-5-29-21-15-20(25-10-12-28-13-11-25)22(30-6-2)14-19(21)24-23(27)16-26-17(3)8-7-9-18(26)4/h14-15,17-18H,5-13,16H2,1-4H3,(H,24,27). The van der Waals surface area contributed by atoms with Crippen molar-refractivity contribution in [2.45, 2.75) is 59.0 Å². The van der Waals surface area contributed by atoms with Crippen molar-refractivity contribution in [1.82, 2.24) is 4.90 Å². The van der Waals surface area contributed by atoms with Crippen LogP contribution in [0.5, 0.6) is 11.5 Å². The van der Waals surface area contributed by atoms with Gasteiger partial charge in [-0.2, -0.15) is 0 Å². The van der Waals surface area contributed by atoms with Crippen LogP contribution in [0.4, 0.5) is 11.4 Å². The number of nitrogens with one attached hydrogen (secondary N) is 1. The van der Waals surface area contributed by atoms with Crippen molar-refractivity contribution in [2.75, 3.05) is 56.3 Å². The lowest BCUT2D eigenvalue weighted by Gasteiger charge is -2.38. The van der Waals surface area contributed by atoms with Crippen LogP contribution < -0.4 is 19.7 Å². The van der Waals surface area contributed by atoms with Gasteiger partial charge in [-0.05, 0) is 40.5 Å². The molecule has 0 bridgehead atoms. The maximum Gasteiger partial charge on any atom is 0.238 e. The van der Waals surface area contributed by atoms with Crippen LogP contribution in [0.25, 0.3) is 0 Å². The van der Waals surface area contributed by atoms with E-state index in [1.54, 1.807) is 0 Å². The molecule has 2 aliphatic rings. The zero-order valence-electron chi connectivity index (χ0n) is 18.9. The van der Waals surface area contributed by atoms with E-state index in [4.69, 9.17) is 14.2 Å². The molecule has 2 saturated heterocycles. The van der Waals surface area contributed by atoms with E-state index in [-0.39, 0.29) is 5.91 Å². The van der Waals surface area contributed by atoms with Crippen molar-refractivity contribution >= 4 is 17.3 Å². The number of amides is 1. The van der Waals surface area contributed by atoms with E-state index in [1.165, 1.54) is 6.42 Å². The Bertz CT molecular complexity index is 696. The predicted octanol–water partition coefficient (Wildman–Crippen LogP) is 3.52. The lowest BCUT2D eigenvalue weighted by molar-refractivity contribution is -0.118. The predicted molar refractivity (Wildman–Crippen MR) is 120 cm³/mol. The molecule has 0 aromatic heterocycles. The third kappa shape index (κ3) is 5.58. The summed E-state index contributed by atoms with van der Waals surface area (Å²) in [6.45, 7) is 12.8. The highest BCUT2D eigenvalue weighted by Crippen LogP contribution is 2.39. The van der Waals surface area contributed by atoms with Crippen molar-refractivity contribution in [3.63, 3.8) is 0 Å². The van der Waals surface area contributed by atoms with Gasteiger partial charge in [-0.15, -0.1) is 0 Å². The van der Waals surface area contributed by atoms with E-state index in [1.807, 2.05) is 26.0 Å². The highest BCUT2D eigenvalue weighted by molar-refractivity contribution is 5.94. The Labute approximate surface area is 180 Å². The first kappa shape index (κ1) is 22.7. The monoisotopic (exact) mass is 419 g/mol. The summed E-state index contributed by atoms with van der Waals surface area (Å²) < 4.78 is 17.3. The molecule has 1 aromatic carbocycles. The molecule has 2 aliphatic heterocycles. The number of piperidine rings is 1. The van der Waals surface area contributed by atoms with Crippen LogP contribution in [0.1, 0.15) is 47.0 Å². The van der Waals surface area contributed by atoms with Gasteiger partial charge >= 0.3 is 0 Å². The van der Waals surface area contributed by atoms with Gasteiger partial charge in [-0.3, -0.25) is 9.69 Å². The van der Waals surface area contributed by atoms with Crippen molar-refractivity contribution in [2.24, 2.45) is 0 Å². The summed E-state index contributed by atoms with van der Waals surface area (Å²) in [6, 6.07) is 4.74. The number of anilines is 2. The topological polar surface area (TPSA) is 63.3 Å². The van der Waals surface area contributed by atoms with Gasteiger partial charge in [0.2, 0.25) is 5.91 Å². The van der Waals surface area contributed by atoms with E-state index in [2.05, 4.69) is 29.0 Å². The van der Waals surface area contributed by atoms with E-state index in [0.717, 1.165) is 37.4 Å². The molecule has 7 nitrogen and oxygen atoms in total. The number of hydrogen-bond acceptors (Lipinski definition) is 6. The summed E-state index contributed by atoms with van der Waals surface area (Å²) in [5, 5.41) is 3.08. The van der Waals surface area contributed by atoms with E-state index in [0.29, 0.717) is 56.5 Å². The zero-order valence-corrected chi connectivity index (χ0v) is 18.9. The molecule has 2 atom stereocenters. The van der Waals surface area contributed by atoms with Gasteiger partial charge in [0, 0.05) is 37.3 Å². The number of carbonyl (C=O) groups is 1. The number of benzene rings is 1. The number of nitrogens with zero attached hydrogens (tertiary/aromatic N) is 2. The summed E-state index contributed by atoms with van der Waals surface area (Å²) in [4.78, 5) is 17.5. The lowest BCUT2D eigenvalue weighted by Crippen LogP contribution is -2.47. The summed E-state index contributed by atoms with van der Waals surface area (Å²) >= 11 is 0. The fourth-order valence-electron chi connectivity index (χ4n) is 4.39. The maximum absolute atomic E-state index is 12.9. The minimum atomic E-state index is -0.0156. The van der Waals surface area contributed by atoms with Gasteiger partial charge in [0.15, 0.2) is 0 Å². The molecule has 1 aromatic rings. The smallest absolute Gasteiger partial charge is 0.238 e. The summed E-state index contributed by atoms with van der Waals surface area (Å²) in [6.07, 6.45) is 3.52. The van der Waals surface area contributed by atoms with Crippen LogP contribution >= 0.6 is 0 Å². The SMILES string of the molecule is CCOc1cc(N2CCOCC2)c(OCC)cc1NC(=O)CN1C(C)CCCC1C. The Morgan fingerprint density at radius 1 is 1.07 bits per heavy atom. The third-order valence-electron chi connectivity index (χ3n) is 5.99. The first-order valence-electron chi connectivity index (χ1n) is 11.3. The van der Waals surface area contributed by atoms with Crippen molar-refractivity contribution in [3.05, 3.63) is 12.1 Å². The van der Waals surface area contributed by atoms with Crippen LogP contribution in [-0.2, 0) is 9.53 Å². The first-order valence-corrected chi connectivity index (χ1v) is 11.3. The molecule has 0 saturated carbocycles. The Balaban J connectivity index is 1.81. The number of hydrogen-bond donors (Lipinski definition) is 1. The third-order valence-corrected chi connectivity index (χ3v) is 5.99. The number of likely N-dealkylation sites (tertiary alicyclic amines) is 1. The molecule has 2 fully saturated rings. The average Bonchev–Trinajstić information content (AvgIpc) is 2.73. The quantitative estimate of drug-likeness (QED) is 0.696. The molecule has 1 amide bonds. The molecular weight excluding hydrogens is 382 g/mol. The highest BCUT2D eigenvalue weighted by atomic mass is 16.5. The summed E-state index contributed by atoms with van der Waals surface area (Å²) in [5.74, 6) is 1.42. The number of morpholine rings is 1. The van der Waals surface area contributed by atoms with Crippen molar-refractivity contribution in [3.8, 4) is 11.5 Å². The van der Waals surface area contributed by atoms with Crippen LogP contribution in [0.2, 0.25) is 0 Å². The number of ether oxygens (including phenoxy) is 3. The van der Waals surface area contributed by atoms with Gasteiger partial charge in [-0.1, -0.05) is 6.42 Å². The van der Waals surface area contributed by atoms with Crippen molar-refractivity contribution in [1.29, 1.82) is 0 Å². The Kier molecular flexibility index (Phi) is 8.22. The summed E-state index contributed by atoms with van der Waals surface area (Å²) in [7, 11) is 0. The van der Waals surface area contributed by atoms with Gasteiger partial charge in [0.05, 0.1) is 44.3 Å². The second-order valence-corrected chi connectivity index (χ2v) is 8.13. The van der Waals surface area contributed by atoms with E-state index in [9.17, 15) is 4.79 Å². The van der Waals surface area contributed by atoms with Gasteiger partial charge in [0.25, 0.3) is 0 Å². The fraction of sp³-hybridized carbons (Fsp3) is 0.696. The van der Waals surface area contributed by atoms with Crippen LogP contribution in [0, 0.1) is 0 Å². The second-order valence-electron chi connectivity index (χ2n) is 8.13. The van der Waals surface area contributed by atoms with Crippen LogP contribution in [-0.4, -0.2) is 69.0 Å².